The summed E-state index contributed by atoms with van der Waals surface area (Å²) in [5.41, 5.74) is 12.5. The number of nitrogens with two attached hydrogens (primary N) is 2. The summed E-state index contributed by atoms with van der Waals surface area (Å²) in [5.74, 6) is -1.18. The van der Waals surface area contributed by atoms with Crippen LogP contribution in [0.25, 0.3) is 0 Å². The zero-order valence-corrected chi connectivity index (χ0v) is 10.7. The predicted molar refractivity (Wildman–Crippen MR) is 69.8 cm³/mol. The number of carbonyl (C=O) groups is 2. The van der Waals surface area contributed by atoms with Crippen molar-refractivity contribution in [1.82, 2.24) is 14.8 Å². The molecule has 0 atom stereocenters. The van der Waals surface area contributed by atoms with Gasteiger partial charge < -0.3 is 16.2 Å². The first-order valence-electron chi connectivity index (χ1n) is 5.67. The monoisotopic (exact) mass is 275 g/mol. The molecule has 104 valence electrons. The topological polar surface area (TPSA) is 126 Å². The molecular weight excluding hydrogens is 262 g/mol. The largest absolute Gasteiger partial charge is 0.463 e. The van der Waals surface area contributed by atoms with E-state index in [1.54, 1.807) is 12.1 Å². The Labute approximate surface area is 114 Å². The van der Waals surface area contributed by atoms with Crippen LogP contribution in [0, 0.1) is 0 Å². The highest BCUT2D eigenvalue weighted by Gasteiger charge is 2.12. The number of benzene rings is 1. The van der Waals surface area contributed by atoms with Gasteiger partial charge in [0.15, 0.2) is 0 Å². The molecule has 0 aliphatic heterocycles. The molecule has 0 fully saturated rings. The van der Waals surface area contributed by atoms with Crippen molar-refractivity contribution in [2.24, 2.45) is 5.73 Å². The molecule has 1 heterocycles. The standard InChI is InChI=1S/C12H13N5O3/c1-20-12(19)11-15-6-17(16-11)5-8-3-2-7(10(14)18)4-9(8)13/h2-4,6H,5,13H2,1H3,(H2,14,18). The van der Waals surface area contributed by atoms with E-state index in [0.29, 0.717) is 17.8 Å². The first-order chi connectivity index (χ1) is 9.51. The number of ether oxygens (including phenoxy) is 1. The lowest BCUT2D eigenvalue weighted by molar-refractivity contribution is 0.0586. The van der Waals surface area contributed by atoms with Crippen molar-refractivity contribution in [2.45, 2.75) is 6.54 Å². The summed E-state index contributed by atoms with van der Waals surface area (Å²) in [5, 5.41) is 3.96. The molecule has 2 rings (SSSR count). The maximum atomic E-state index is 11.2. The number of esters is 1. The smallest absolute Gasteiger partial charge is 0.377 e. The second-order valence-corrected chi connectivity index (χ2v) is 4.04. The van der Waals surface area contributed by atoms with E-state index in [9.17, 15) is 9.59 Å². The predicted octanol–water partition coefficient (Wildman–Crippen LogP) is -0.206. The Kier molecular flexibility index (Phi) is 3.65. The van der Waals surface area contributed by atoms with Crippen LogP contribution in [0.5, 0.6) is 0 Å². The first kappa shape index (κ1) is 13.5. The Morgan fingerprint density at radius 3 is 2.75 bits per heavy atom. The van der Waals surface area contributed by atoms with Crippen LogP contribution in [0.4, 0.5) is 5.69 Å². The van der Waals surface area contributed by atoms with Gasteiger partial charge >= 0.3 is 5.97 Å². The summed E-state index contributed by atoms with van der Waals surface area (Å²) in [6.45, 7) is 0.314. The molecule has 0 aliphatic carbocycles. The average Bonchev–Trinajstić information content (AvgIpc) is 2.88. The number of aromatic nitrogens is 3. The lowest BCUT2D eigenvalue weighted by Crippen LogP contribution is -2.12. The normalized spacial score (nSPS) is 10.2. The Bertz CT molecular complexity index is 665. The van der Waals surface area contributed by atoms with Crippen LogP contribution in [0.3, 0.4) is 0 Å². The van der Waals surface area contributed by atoms with E-state index in [1.165, 1.54) is 24.2 Å². The van der Waals surface area contributed by atoms with Crippen LogP contribution < -0.4 is 11.5 Å². The van der Waals surface area contributed by atoms with Crippen LogP contribution in [-0.2, 0) is 11.3 Å². The van der Waals surface area contributed by atoms with Crippen LogP contribution >= 0.6 is 0 Å². The Balaban J connectivity index is 2.20. The van der Waals surface area contributed by atoms with Crippen LogP contribution in [0.2, 0.25) is 0 Å². The summed E-state index contributed by atoms with van der Waals surface area (Å²) in [6.07, 6.45) is 1.40. The van der Waals surface area contributed by atoms with Crippen molar-refractivity contribution in [1.29, 1.82) is 0 Å². The molecule has 4 N–H and O–H groups in total. The van der Waals surface area contributed by atoms with Crippen molar-refractivity contribution in [3.05, 3.63) is 41.5 Å². The van der Waals surface area contributed by atoms with E-state index in [1.807, 2.05) is 0 Å². The Morgan fingerprint density at radius 1 is 1.40 bits per heavy atom. The number of anilines is 1. The minimum atomic E-state index is -0.610. The number of hydrogen-bond acceptors (Lipinski definition) is 6. The maximum absolute atomic E-state index is 11.2. The van der Waals surface area contributed by atoms with Crippen molar-refractivity contribution in [3.8, 4) is 0 Å². The second-order valence-electron chi connectivity index (χ2n) is 4.04. The molecule has 0 spiro atoms. The SMILES string of the molecule is COC(=O)c1ncn(Cc2ccc(C(N)=O)cc2N)n1. The molecule has 0 aliphatic rings. The third-order valence-electron chi connectivity index (χ3n) is 2.67. The molecule has 1 aromatic carbocycles. The van der Waals surface area contributed by atoms with E-state index < -0.39 is 11.9 Å². The first-order valence-corrected chi connectivity index (χ1v) is 5.67. The summed E-state index contributed by atoms with van der Waals surface area (Å²) in [4.78, 5) is 26.1. The van der Waals surface area contributed by atoms with E-state index in [0.717, 1.165) is 5.56 Å². The van der Waals surface area contributed by atoms with Gasteiger partial charge in [0.25, 0.3) is 5.82 Å². The number of rotatable bonds is 4. The van der Waals surface area contributed by atoms with Gasteiger partial charge in [-0.05, 0) is 17.7 Å². The third-order valence-corrected chi connectivity index (χ3v) is 2.67. The molecule has 8 nitrogen and oxygen atoms in total. The van der Waals surface area contributed by atoms with Gasteiger partial charge in [0.1, 0.15) is 6.33 Å². The highest BCUT2D eigenvalue weighted by atomic mass is 16.5. The number of methoxy groups -OCH3 is 1. The molecule has 0 bridgehead atoms. The van der Waals surface area contributed by atoms with Gasteiger partial charge in [-0.1, -0.05) is 6.07 Å². The molecule has 0 saturated carbocycles. The lowest BCUT2D eigenvalue weighted by Gasteiger charge is -2.06. The van der Waals surface area contributed by atoms with Crippen LogP contribution in [-0.4, -0.2) is 33.8 Å². The fourth-order valence-electron chi connectivity index (χ4n) is 1.62. The third kappa shape index (κ3) is 2.74. The fraction of sp³-hybridized carbons (Fsp3) is 0.167. The van der Waals surface area contributed by atoms with Gasteiger partial charge in [-0.3, -0.25) is 4.79 Å². The van der Waals surface area contributed by atoms with Gasteiger partial charge in [0.2, 0.25) is 5.91 Å². The minimum absolute atomic E-state index is 0.0279. The summed E-state index contributed by atoms with van der Waals surface area (Å²) < 4.78 is 5.96. The number of carbonyl (C=O) groups excluding carboxylic acids is 2. The Hall–Kier alpha value is -2.90. The number of nitrogens with zero attached hydrogens (tertiary/aromatic N) is 3. The number of amides is 1. The number of hydrogen-bond donors (Lipinski definition) is 2. The van der Waals surface area contributed by atoms with Crippen molar-refractivity contribution >= 4 is 17.6 Å². The van der Waals surface area contributed by atoms with Gasteiger partial charge in [-0.15, -0.1) is 5.10 Å². The highest BCUT2D eigenvalue weighted by Crippen LogP contribution is 2.15. The van der Waals surface area contributed by atoms with Gasteiger partial charge in [-0.25, -0.2) is 14.5 Å². The molecule has 8 heteroatoms. The van der Waals surface area contributed by atoms with Gasteiger partial charge in [0.05, 0.1) is 13.7 Å². The second kappa shape index (κ2) is 5.39. The Morgan fingerprint density at radius 2 is 2.15 bits per heavy atom. The zero-order chi connectivity index (χ0) is 14.7. The fourth-order valence-corrected chi connectivity index (χ4v) is 1.62. The quantitative estimate of drug-likeness (QED) is 0.587. The molecular formula is C12H13N5O3. The van der Waals surface area contributed by atoms with Gasteiger partial charge in [-0.2, -0.15) is 0 Å². The van der Waals surface area contributed by atoms with Crippen molar-refractivity contribution < 1.29 is 14.3 Å². The number of nitrogen functional groups attached to an aromatic ring is 1. The molecule has 0 unspecified atom stereocenters. The minimum Gasteiger partial charge on any atom is -0.463 e. The highest BCUT2D eigenvalue weighted by molar-refractivity contribution is 5.93. The maximum Gasteiger partial charge on any atom is 0.377 e. The average molecular weight is 275 g/mol. The van der Waals surface area contributed by atoms with Crippen molar-refractivity contribution in [2.75, 3.05) is 12.8 Å². The van der Waals surface area contributed by atoms with Crippen LogP contribution in [0.1, 0.15) is 26.5 Å². The van der Waals surface area contributed by atoms with E-state index in [4.69, 9.17) is 11.5 Å². The lowest BCUT2D eigenvalue weighted by atomic mass is 10.1. The van der Waals surface area contributed by atoms with E-state index >= 15 is 0 Å². The van der Waals surface area contributed by atoms with Crippen LogP contribution in [0.15, 0.2) is 24.5 Å². The molecule has 0 radical (unpaired) electrons. The number of primary amides is 1. The molecule has 0 saturated heterocycles. The summed E-state index contributed by atoms with van der Waals surface area (Å²) in [7, 11) is 1.25. The van der Waals surface area contributed by atoms with E-state index in [-0.39, 0.29) is 5.82 Å². The summed E-state index contributed by atoms with van der Waals surface area (Å²) >= 11 is 0. The zero-order valence-electron chi connectivity index (χ0n) is 10.7. The molecule has 1 aromatic heterocycles. The van der Waals surface area contributed by atoms with E-state index in [2.05, 4.69) is 14.8 Å². The molecule has 20 heavy (non-hydrogen) atoms. The molecule has 2 aromatic rings. The molecule has 1 amide bonds. The van der Waals surface area contributed by atoms with Crippen molar-refractivity contribution in [3.63, 3.8) is 0 Å². The van der Waals surface area contributed by atoms with Gasteiger partial charge in [0, 0.05) is 11.3 Å². The summed E-state index contributed by atoms with van der Waals surface area (Å²) in [6, 6.07) is 4.75.